The Morgan fingerprint density at radius 1 is 1.25 bits per heavy atom. The van der Waals surface area contributed by atoms with E-state index >= 15 is 0 Å². The molecule has 2 rings (SSSR count). The van der Waals surface area contributed by atoms with E-state index in [9.17, 15) is 4.79 Å². The molecule has 0 spiro atoms. The van der Waals surface area contributed by atoms with Gasteiger partial charge in [0, 0.05) is 6.42 Å². The molecule has 2 unspecified atom stereocenters. The van der Waals surface area contributed by atoms with Crippen LogP contribution in [0.5, 0.6) is 0 Å². The zero-order valence-electron chi connectivity index (χ0n) is 9.99. The fraction of sp³-hybridized carbons (Fsp3) is 0.500. The Bertz CT molecular complexity index is 369. The number of ketones is 1. The molecular weight excluding hydrogens is 198 g/mol. The fourth-order valence-electron chi connectivity index (χ4n) is 2.44. The average molecular weight is 217 g/mol. The molecule has 2 atom stereocenters. The zero-order valence-corrected chi connectivity index (χ0v) is 9.99. The summed E-state index contributed by atoms with van der Waals surface area (Å²) in [5.41, 5.74) is 2.67. The van der Waals surface area contributed by atoms with E-state index in [2.05, 4.69) is 36.5 Å². The van der Waals surface area contributed by atoms with E-state index in [0.717, 1.165) is 12.8 Å². The van der Waals surface area contributed by atoms with E-state index in [1.54, 1.807) is 0 Å². The lowest BCUT2D eigenvalue weighted by molar-refractivity contribution is -0.122. The molecule has 1 N–H and O–H groups in total. The van der Waals surface area contributed by atoms with Gasteiger partial charge in [-0.25, -0.2) is 0 Å². The van der Waals surface area contributed by atoms with Gasteiger partial charge in [0.05, 0.1) is 6.04 Å². The van der Waals surface area contributed by atoms with Gasteiger partial charge in [-0.15, -0.1) is 0 Å². The van der Waals surface area contributed by atoms with Crippen LogP contribution in [-0.2, 0) is 4.79 Å². The number of aryl methyl sites for hydroxylation is 1. The third-order valence-corrected chi connectivity index (χ3v) is 3.55. The van der Waals surface area contributed by atoms with E-state index in [-0.39, 0.29) is 6.04 Å². The van der Waals surface area contributed by atoms with E-state index in [0.29, 0.717) is 18.1 Å². The minimum absolute atomic E-state index is 0.0556. The van der Waals surface area contributed by atoms with Crippen LogP contribution < -0.4 is 5.32 Å². The minimum atomic E-state index is 0.0556. The number of Topliss-reactive ketones (excluding diaryl/α,β-unsaturated/α-hetero) is 1. The van der Waals surface area contributed by atoms with E-state index in [1.807, 2.05) is 7.05 Å². The lowest BCUT2D eigenvalue weighted by Gasteiger charge is -2.28. The Morgan fingerprint density at radius 2 is 1.94 bits per heavy atom. The Balaban J connectivity index is 2.11. The summed E-state index contributed by atoms with van der Waals surface area (Å²) in [6, 6.07) is 8.76. The van der Waals surface area contributed by atoms with Crippen LogP contribution >= 0.6 is 0 Å². The highest BCUT2D eigenvalue weighted by atomic mass is 16.1. The third kappa shape index (κ3) is 2.33. The summed E-state index contributed by atoms with van der Waals surface area (Å²) in [5, 5.41) is 3.12. The number of hydrogen-bond donors (Lipinski definition) is 1. The number of benzene rings is 1. The molecule has 0 aliphatic heterocycles. The highest BCUT2D eigenvalue weighted by Crippen LogP contribution is 2.31. The first-order valence-electron chi connectivity index (χ1n) is 5.97. The van der Waals surface area contributed by atoms with Crippen molar-refractivity contribution >= 4 is 5.78 Å². The van der Waals surface area contributed by atoms with Crippen LogP contribution in [0.25, 0.3) is 0 Å². The molecule has 1 fully saturated rings. The van der Waals surface area contributed by atoms with Gasteiger partial charge in [-0.2, -0.15) is 0 Å². The van der Waals surface area contributed by atoms with Gasteiger partial charge in [0.25, 0.3) is 0 Å². The molecule has 0 heterocycles. The monoisotopic (exact) mass is 217 g/mol. The molecule has 1 aromatic rings. The van der Waals surface area contributed by atoms with Gasteiger partial charge in [0.1, 0.15) is 5.78 Å². The van der Waals surface area contributed by atoms with Crippen molar-refractivity contribution in [1.82, 2.24) is 5.32 Å². The summed E-state index contributed by atoms with van der Waals surface area (Å²) >= 11 is 0. The van der Waals surface area contributed by atoms with Crippen molar-refractivity contribution in [2.24, 2.45) is 0 Å². The number of likely N-dealkylation sites (N-methyl/N-ethyl adjacent to an activating group) is 1. The summed E-state index contributed by atoms with van der Waals surface area (Å²) < 4.78 is 0. The highest BCUT2D eigenvalue weighted by molar-refractivity contribution is 5.85. The van der Waals surface area contributed by atoms with Gasteiger partial charge in [-0.05, 0) is 38.3 Å². The molecule has 0 radical (unpaired) electrons. The van der Waals surface area contributed by atoms with Crippen molar-refractivity contribution in [2.75, 3.05) is 7.05 Å². The second-order valence-corrected chi connectivity index (χ2v) is 4.69. The predicted molar refractivity (Wildman–Crippen MR) is 65.6 cm³/mol. The molecule has 1 saturated carbocycles. The van der Waals surface area contributed by atoms with Crippen molar-refractivity contribution in [2.45, 2.75) is 38.1 Å². The van der Waals surface area contributed by atoms with Gasteiger partial charge < -0.3 is 5.32 Å². The first kappa shape index (κ1) is 11.3. The molecule has 0 amide bonds. The Labute approximate surface area is 97.1 Å². The van der Waals surface area contributed by atoms with Crippen LogP contribution in [0.4, 0.5) is 0 Å². The molecule has 16 heavy (non-hydrogen) atoms. The molecule has 1 aliphatic carbocycles. The van der Waals surface area contributed by atoms with Crippen LogP contribution in [0.3, 0.4) is 0 Å². The average Bonchev–Trinajstić information content (AvgIpc) is 2.31. The summed E-state index contributed by atoms with van der Waals surface area (Å²) in [6.45, 7) is 2.10. The molecule has 0 bridgehead atoms. The number of rotatable bonds is 2. The number of hydrogen-bond acceptors (Lipinski definition) is 2. The van der Waals surface area contributed by atoms with Gasteiger partial charge in [0.15, 0.2) is 0 Å². The topological polar surface area (TPSA) is 29.1 Å². The maximum atomic E-state index is 11.6. The van der Waals surface area contributed by atoms with Gasteiger partial charge in [0.2, 0.25) is 0 Å². The molecule has 0 saturated heterocycles. The minimum Gasteiger partial charge on any atom is -0.311 e. The van der Waals surface area contributed by atoms with Crippen molar-refractivity contribution in [3.8, 4) is 0 Å². The van der Waals surface area contributed by atoms with Crippen LogP contribution in [0.15, 0.2) is 24.3 Å². The van der Waals surface area contributed by atoms with Gasteiger partial charge in [-0.3, -0.25) is 4.79 Å². The molecule has 2 nitrogen and oxygen atoms in total. The molecule has 86 valence electrons. The lowest BCUT2D eigenvalue weighted by Crippen LogP contribution is -2.38. The maximum absolute atomic E-state index is 11.6. The van der Waals surface area contributed by atoms with Crippen LogP contribution in [0.2, 0.25) is 0 Å². The summed E-state index contributed by atoms with van der Waals surface area (Å²) in [5.74, 6) is 0.904. The highest BCUT2D eigenvalue weighted by Gasteiger charge is 2.28. The van der Waals surface area contributed by atoms with Crippen molar-refractivity contribution in [3.63, 3.8) is 0 Å². The smallest absolute Gasteiger partial charge is 0.149 e. The Morgan fingerprint density at radius 3 is 2.56 bits per heavy atom. The second kappa shape index (κ2) is 4.79. The zero-order chi connectivity index (χ0) is 11.5. The first-order chi connectivity index (χ1) is 7.70. The normalized spacial score (nSPS) is 25.8. The Kier molecular flexibility index (Phi) is 3.39. The van der Waals surface area contributed by atoms with E-state index in [1.165, 1.54) is 11.1 Å². The van der Waals surface area contributed by atoms with Crippen molar-refractivity contribution < 1.29 is 4.79 Å². The van der Waals surface area contributed by atoms with Crippen LogP contribution in [0.1, 0.15) is 36.3 Å². The predicted octanol–water partition coefficient (Wildman–Crippen LogP) is 2.42. The standard InChI is InChI=1S/C14H19NO/c1-10-3-5-11(6-4-10)12-7-8-14(16)13(9-12)15-2/h3-6,12-13,15H,7-9H2,1-2H3. The maximum Gasteiger partial charge on any atom is 0.149 e. The number of carbonyl (C=O) groups excluding carboxylic acids is 1. The summed E-state index contributed by atoms with van der Waals surface area (Å²) in [7, 11) is 1.88. The quantitative estimate of drug-likeness (QED) is 0.824. The Hall–Kier alpha value is -1.15. The molecule has 1 aromatic carbocycles. The lowest BCUT2D eigenvalue weighted by atomic mass is 9.80. The van der Waals surface area contributed by atoms with Crippen molar-refractivity contribution in [1.29, 1.82) is 0 Å². The number of carbonyl (C=O) groups is 1. The molecular formula is C14H19NO. The molecule has 1 aliphatic rings. The SMILES string of the molecule is CNC1CC(c2ccc(C)cc2)CCC1=O. The van der Waals surface area contributed by atoms with E-state index < -0.39 is 0 Å². The van der Waals surface area contributed by atoms with Gasteiger partial charge in [-0.1, -0.05) is 29.8 Å². The molecule has 0 aromatic heterocycles. The van der Waals surface area contributed by atoms with Crippen molar-refractivity contribution in [3.05, 3.63) is 35.4 Å². The molecule has 2 heteroatoms. The third-order valence-electron chi connectivity index (χ3n) is 3.55. The largest absolute Gasteiger partial charge is 0.311 e. The first-order valence-corrected chi connectivity index (χ1v) is 5.97. The summed E-state index contributed by atoms with van der Waals surface area (Å²) in [4.78, 5) is 11.6. The van der Waals surface area contributed by atoms with Crippen LogP contribution in [0, 0.1) is 6.92 Å². The number of nitrogens with one attached hydrogen (secondary N) is 1. The van der Waals surface area contributed by atoms with Gasteiger partial charge >= 0.3 is 0 Å². The fourth-order valence-corrected chi connectivity index (χ4v) is 2.44. The second-order valence-electron chi connectivity index (χ2n) is 4.69. The van der Waals surface area contributed by atoms with E-state index in [4.69, 9.17) is 0 Å². The summed E-state index contributed by atoms with van der Waals surface area (Å²) in [6.07, 6.45) is 2.66. The van der Waals surface area contributed by atoms with Crippen LogP contribution in [-0.4, -0.2) is 18.9 Å².